The zero-order valence-electron chi connectivity index (χ0n) is 10.4. The molecule has 3 N–H and O–H groups in total. The van der Waals surface area contributed by atoms with Crippen LogP contribution in [0.2, 0.25) is 0 Å². The van der Waals surface area contributed by atoms with Crippen LogP contribution < -0.4 is 5.73 Å². The van der Waals surface area contributed by atoms with Crippen LogP contribution in [0.15, 0.2) is 60.7 Å². The van der Waals surface area contributed by atoms with Crippen LogP contribution in [0.5, 0.6) is 0 Å². The Hall–Kier alpha value is -1.64. The van der Waals surface area contributed by atoms with Gasteiger partial charge >= 0.3 is 0 Å². The van der Waals surface area contributed by atoms with Crippen molar-refractivity contribution >= 4 is 0 Å². The van der Waals surface area contributed by atoms with Gasteiger partial charge in [0, 0.05) is 5.54 Å². The van der Waals surface area contributed by atoms with Gasteiger partial charge in [-0.15, -0.1) is 0 Å². The van der Waals surface area contributed by atoms with E-state index in [0.717, 1.165) is 11.1 Å². The molecule has 0 amide bonds. The van der Waals surface area contributed by atoms with Crippen LogP contribution in [-0.2, 0) is 12.8 Å². The molecular weight excluding hydrogens is 222 g/mol. The van der Waals surface area contributed by atoms with Crippen LogP contribution in [0.4, 0.5) is 0 Å². The Labute approximate surface area is 108 Å². The van der Waals surface area contributed by atoms with E-state index in [1.54, 1.807) is 0 Å². The second-order valence-corrected chi connectivity index (χ2v) is 4.85. The highest BCUT2D eigenvalue weighted by molar-refractivity contribution is 5.22. The van der Waals surface area contributed by atoms with Crippen molar-refractivity contribution in [3.05, 3.63) is 71.8 Å². The molecule has 0 spiro atoms. The number of benzene rings is 2. The van der Waals surface area contributed by atoms with Crippen LogP contribution in [0.3, 0.4) is 0 Å². The number of hydrogen-bond acceptors (Lipinski definition) is 2. The van der Waals surface area contributed by atoms with E-state index in [1.807, 2.05) is 60.7 Å². The summed E-state index contributed by atoms with van der Waals surface area (Å²) in [4.78, 5) is 0. The Morgan fingerprint density at radius 1 is 0.778 bits per heavy atom. The fourth-order valence-corrected chi connectivity index (χ4v) is 2.18. The zero-order chi connectivity index (χ0) is 12.8. The Bertz CT molecular complexity index is 425. The highest BCUT2D eigenvalue weighted by Crippen LogP contribution is 2.16. The maximum atomic E-state index is 9.58. The Kier molecular flexibility index (Phi) is 4.13. The van der Waals surface area contributed by atoms with Gasteiger partial charge in [0.2, 0.25) is 0 Å². The molecule has 2 aromatic rings. The first kappa shape index (κ1) is 12.8. The number of aliphatic hydroxyl groups excluding tert-OH is 1. The van der Waals surface area contributed by atoms with Gasteiger partial charge in [-0.05, 0) is 24.0 Å². The van der Waals surface area contributed by atoms with Gasteiger partial charge < -0.3 is 10.8 Å². The largest absolute Gasteiger partial charge is 0.394 e. The maximum Gasteiger partial charge on any atom is 0.0617 e. The molecule has 18 heavy (non-hydrogen) atoms. The third-order valence-corrected chi connectivity index (χ3v) is 3.11. The number of hydrogen-bond donors (Lipinski definition) is 2. The highest BCUT2D eigenvalue weighted by Gasteiger charge is 2.24. The van der Waals surface area contributed by atoms with Gasteiger partial charge in [0.05, 0.1) is 6.61 Å². The monoisotopic (exact) mass is 241 g/mol. The topological polar surface area (TPSA) is 46.2 Å². The predicted molar refractivity (Wildman–Crippen MR) is 74.3 cm³/mol. The molecule has 0 saturated heterocycles. The fraction of sp³-hybridized carbons (Fsp3) is 0.250. The molecule has 0 heterocycles. The summed E-state index contributed by atoms with van der Waals surface area (Å²) in [6, 6.07) is 20.1. The van der Waals surface area contributed by atoms with Gasteiger partial charge in [-0.3, -0.25) is 0 Å². The Balaban J connectivity index is 2.11. The summed E-state index contributed by atoms with van der Waals surface area (Å²) < 4.78 is 0. The summed E-state index contributed by atoms with van der Waals surface area (Å²) >= 11 is 0. The summed E-state index contributed by atoms with van der Waals surface area (Å²) in [5, 5.41) is 9.58. The first-order chi connectivity index (χ1) is 8.72. The van der Waals surface area contributed by atoms with Crippen molar-refractivity contribution in [3.8, 4) is 0 Å². The van der Waals surface area contributed by atoms with E-state index in [9.17, 15) is 5.11 Å². The van der Waals surface area contributed by atoms with Gasteiger partial charge in [0.1, 0.15) is 0 Å². The molecule has 2 aromatic carbocycles. The molecule has 0 atom stereocenters. The van der Waals surface area contributed by atoms with E-state index in [4.69, 9.17) is 5.73 Å². The number of rotatable bonds is 5. The minimum absolute atomic E-state index is 0.0171. The van der Waals surface area contributed by atoms with Crippen molar-refractivity contribution in [2.24, 2.45) is 5.73 Å². The van der Waals surface area contributed by atoms with Gasteiger partial charge in [0.15, 0.2) is 0 Å². The first-order valence-corrected chi connectivity index (χ1v) is 6.19. The molecule has 0 aliphatic rings. The lowest BCUT2D eigenvalue weighted by Crippen LogP contribution is -2.47. The summed E-state index contributed by atoms with van der Waals surface area (Å²) in [5.74, 6) is 0. The van der Waals surface area contributed by atoms with Crippen molar-refractivity contribution in [2.75, 3.05) is 6.61 Å². The van der Waals surface area contributed by atoms with Gasteiger partial charge in [0.25, 0.3) is 0 Å². The number of aliphatic hydroxyl groups is 1. The van der Waals surface area contributed by atoms with Gasteiger partial charge in [-0.2, -0.15) is 0 Å². The summed E-state index contributed by atoms with van der Waals surface area (Å²) in [5.41, 5.74) is 8.03. The standard InChI is InChI=1S/C16H19NO/c17-16(13-18,11-14-7-3-1-4-8-14)12-15-9-5-2-6-10-15/h1-10,18H,11-13,17H2. The second kappa shape index (κ2) is 5.80. The minimum atomic E-state index is -0.595. The predicted octanol–water partition coefficient (Wildman–Crippen LogP) is 2.16. The Morgan fingerprint density at radius 2 is 1.17 bits per heavy atom. The van der Waals surface area contributed by atoms with Crippen molar-refractivity contribution in [2.45, 2.75) is 18.4 Å². The molecule has 0 aliphatic carbocycles. The molecule has 0 fully saturated rings. The van der Waals surface area contributed by atoms with Crippen molar-refractivity contribution in [1.29, 1.82) is 0 Å². The SMILES string of the molecule is NC(CO)(Cc1ccccc1)Cc1ccccc1. The third-order valence-electron chi connectivity index (χ3n) is 3.11. The van der Waals surface area contributed by atoms with Crippen LogP contribution in [0.25, 0.3) is 0 Å². The van der Waals surface area contributed by atoms with Crippen molar-refractivity contribution < 1.29 is 5.11 Å². The van der Waals surface area contributed by atoms with E-state index >= 15 is 0 Å². The average Bonchev–Trinajstić information content (AvgIpc) is 2.41. The molecular formula is C16H19NO. The second-order valence-electron chi connectivity index (χ2n) is 4.85. The smallest absolute Gasteiger partial charge is 0.0617 e. The van der Waals surface area contributed by atoms with E-state index in [2.05, 4.69) is 0 Å². The van der Waals surface area contributed by atoms with Crippen LogP contribution in [-0.4, -0.2) is 17.3 Å². The first-order valence-electron chi connectivity index (χ1n) is 6.19. The molecule has 2 rings (SSSR count). The molecule has 0 radical (unpaired) electrons. The van der Waals surface area contributed by atoms with Crippen LogP contribution in [0, 0.1) is 0 Å². The van der Waals surface area contributed by atoms with Gasteiger partial charge in [-0.25, -0.2) is 0 Å². The molecule has 2 nitrogen and oxygen atoms in total. The lowest BCUT2D eigenvalue weighted by molar-refractivity contribution is 0.194. The molecule has 0 aliphatic heterocycles. The fourth-order valence-electron chi connectivity index (χ4n) is 2.18. The minimum Gasteiger partial charge on any atom is -0.394 e. The summed E-state index contributed by atoms with van der Waals surface area (Å²) in [6.45, 7) is -0.0171. The highest BCUT2D eigenvalue weighted by atomic mass is 16.3. The van der Waals surface area contributed by atoms with Crippen molar-refractivity contribution in [3.63, 3.8) is 0 Å². The summed E-state index contributed by atoms with van der Waals surface area (Å²) in [6.07, 6.45) is 1.36. The molecule has 0 saturated carbocycles. The zero-order valence-corrected chi connectivity index (χ0v) is 10.4. The van der Waals surface area contributed by atoms with Crippen molar-refractivity contribution in [1.82, 2.24) is 0 Å². The molecule has 94 valence electrons. The molecule has 0 bridgehead atoms. The van der Waals surface area contributed by atoms with E-state index in [-0.39, 0.29) is 6.61 Å². The maximum absolute atomic E-state index is 9.58. The molecule has 0 unspecified atom stereocenters. The van der Waals surface area contributed by atoms with E-state index in [0.29, 0.717) is 12.8 Å². The molecule has 2 heteroatoms. The molecule has 0 aromatic heterocycles. The lowest BCUT2D eigenvalue weighted by Gasteiger charge is -2.27. The average molecular weight is 241 g/mol. The van der Waals surface area contributed by atoms with Crippen LogP contribution >= 0.6 is 0 Å². The lowest BCUT2D eigenvalue weighted by atomic mass is 9.86. The van der Waals surface area contributed by atoms with E-state index in [1.165, 1.54) is 0 Å². The summed E-state index contributed by atoms with van der Waals surface area (Å²) in [7, 11) is 0. The number of nitrogens with two attached hydrogens (primary N) is 1. The quantitative estimate of drug-likeness (QED) is 0.842. The van der Waals surface area contributed by atoms with E-state index < -0.39 is 5.54 Å². The Morgan fingerprint density at radius 3 is 1.50 bits per heavy atom. The van der Waals surface area contributed by atoms with Crippen LogP contribution in [0.1, 0.15) is 11.1 Å². The normalized spacial score (nSPS) is 11.4. The third kappa shape index (κ3) is 3.42. The van der Waals surface area contributed by atoms with Gasteiger partial charge in [-0.1, -0.05) is 60.7 Å².